The van der Waals surface area contributed by atoms with Crippen molar-refractivity contribution >= 4 is 11.3 Å². The molecule has 0 radical (unpaired) electrons. The summed E-state index contributed by atoms with van der Waals surface area (Å²) in [6.45, 7) is 11.6. The van der Waals surface area contributed by atoms with Crippen LogP contribution in [0.3, 0.4) is 0 Å². The SMILES string of the molecule is C=C(CNC(C)(C)C)Cn1ccsc1=O. The molecule has 0 saturated heterocycles. The van der Waals surface area contributed by atoms with E-state index >= 15 is 0 Å². The summed E-state index contributed by atoms with van der Waals surface area (Å²) >= 11 is 1.22. The number of thiazole rings is 1. The first-order valence-electron chi connectivity index (χ1n) is 4.94. The van der Waals surface area contributed by atoms with E-state index in [1.54, 1.807) is 16.1 Å². The van der Waals surface area contributed by atoms with Crippen LogP contribution in [-0.2, 0) is 6.54 Å². The van der Waals surface area contributed by atoms with Crippen molar-refractivity contribution in [2.45, 2.75) is 32.9 Å². The molecule has 1 aromatic heterocycles. The van der Waals surface area contributed by atoms with E-state index in [0.29, 0.717) is 6.54 Å². The second kappa shape index (κ2) is 4.77. The van der Waals surface area contributed by atoms with Gasteiger partial charge in [0.15, 0.2) is 0 Å². The minimum atomic E-state index is 0.0758. The van der Waals surface area contributed by atoms with Crippen LogP contribution in [0.2, 0.25) is 0 Å². The van der Waals surface area contributed by atoms with E-state index in [9.17, 15) is 4.79 Å². The number of rotatable bonds is 4. The molecule has 0 aromatic carbocycles. The number of nitrogens with zero attached hydrogens (tertiary/aromatic N) is 1. The predicted octanol–water partition coefficient (Wildman–Crippen LogP) is 1.85. The van der Waals surface area contributed by atoms with Gasteiger partial charge in [0.05, 0.1) is 0 Å². The van der Waals surface area contributed by atoms with Crippen molar-refractivity contribution in [3.8, 4) is 0 Å². The van der Waals surface area contributed by atoms with Crippen molar-refractivity contribution in [3.05, 3.63) is 33.4 Å². The van der Waals surface area contributed by atoms with Gasteiger partial charge in [-0.05, 0) is 26.3 Å². The lowest BCUT2D eigenvalue weighted by Crippen LogP contribution is -2.37. The Morgan fingerprint density at radius 3 is 2.73 bits per heavy atom. The molecule has 0 aliphatic rings. The lowest BCUT2D eigenvalue weighted by molar-refractivity contribution is 0.440. The lowest BCUT2D eigenvalue weighted by atomic mass is 10.1. The summed E-state index contributed by atoms with van der Waals surface area (Å²) in [5, 5.41) is 5.14. The number of aromatic nitrogens is 1. The molecule has 0 saturated carbocycles. The van der Waals surface area contributed by atoms with Crippen molar-refractivity contribution in [1.29, 1.82) is 0 Å². The summed E-state index contributed by atoms with van der Waals surface area (Å²) in [7, 11) is 0. The van der Waals surface area contributed by atoms with E-state index in [2.05, 4.69) is 32.7 Å². The Balaban J connectivity index is 2.44. The molecule has 3 nitrogen and oxygen atoms in total. The summed E-state index contributed by atoms with van der Waals surface area (Å²) in [5.74, 6) is 0. The van der Waals surface area contributed by atoms with E-state index in [4.69, 9.17) is 0 Å². The molecule has 0 bridgehead atoms. The van der Waals surface area contributed by atoms with Crippen molar-refractivity contribution < 1.29 is 0 Å². The van der Waals surface area contributed by atoms with Crippen molar-refractivity contribution in [2.24, 2.45) is 0 Å². The maximum atomic E-state index is 11.3. The van der Waals surface area contributed by atoms with Crippen LogP contribution in [0.1, 0.15) is 20.8 Å². The van der Waals surface area contributed by atoms with Crippen LogP contribution >= 0.6 is 11.3 Å². The van der Waals surface area contributed by atoms with Gasteiger partial charge in [-0.25, -0.2) is 0 Å². The molecule has 1 aromatic rings. The molecule has 1 heterocycles. The third-order valence-corrected chi connectivity index (χ3v) is 2.60. The van der Waals surface area contributed by atoms with E-state index < -0.39 is 0 Å². The van der Waals surface area contributed by atoms with Crippen molar-refractivity contribution in [3.63, 3.8) is 0 Å². The molecular formula is C11H18N2OS. The summed E-state index contributed by atoms with van der Waals surface area (Å²) in [6.07, 6.45) is 1.80. The van der Waals surface area contributed by atoms with Gasteiger partial charge >= 0.3 is 4.87 Å². The predicted molar refractivity (Wildman–Crippen MR) is 65.5 cm³/mol. The average molecular weight is 226 g/mol. The quantitative estimate of drug-likeness (QED) is 0.795. The number of nitrogens with one attached hydrogen (secondary N) is 1. The van der Waals surface area contributed by atoms with Gasteiger partial charge in [0.1, 0.15) is 0 Å². The largest absolute Gasteiger partial charge is 0.308 e. The number of hydrogen-bond acceptors (Lipinski definition) is 3. The highest BCUT2D eigenvalue weighted by molar-refractivity contribution is 7.07. The van der Waals surface area contributed by atoms with Gasteiger partial charge in [-0.2, -0.15) is 0 Å². The van der Waals surface area contributed by atoms with Crippen molar-refractivity contribution in [2.75, 3.05) is 6.54 Å². The molecule has 1 rings (SSSR count). The standard InChI is InChI=1S/C11H18N2OS/c1-9(7-12-11(2,3)4)8-13-5-6-15-10(13)14/h5-6,12H,1,7-8H2,2-4H3. The molecule has 0 aliphatic heterocycles. The molecule has 0 aliphatic carbocycles. The molecule has 1 N–H and O–H groups in total. The van der Waals surface area contributed by atoms with Gasteiger partial charge in [-0.3, -0.25) is 4.79 Å². The molecular weight excluding hydrogens is 208 g/mol. The van der Waals surface area contributed by atoms with Gasteiger partial charge in [0, 0.05) is 30.2 Å². The molecule has 0 spiro atoms. The number of hydrogen-bond donors (Lipinski definition) is 1. The molecule has 0 amide bonds. The van der Waals surface area contributed by atoms with E-state index in [-0.39, 0.29) is 10.4 Å². The third kappa shape index (κ3) is 4.44. The van der Waals surface area contributed by atoms with Gasteiger partial charge in [-0.1, -0.05) is 17.9 Å². The maximum Gasteiger partial charge on any atom is 0.307 e. The highest BCUT2D eigenvalue weighted by atomic mass is 32.1. The minimum Gasteiger partial charge on any atom is -0.308 e. The van der Waals surface area contributed by atoms with Crippen LogP contribution in [-0.4, -0.2) is 16.7 Å². The van der Waals surface area contributed by atoms with E-state index in [1.165, 1.54) is 11.3 Å². The Hall–Kier alpha value is -0.870. The highest BCUT2D eigenvalue weighted by Gasteiger charge is 2.09. The summed E-state index contributed by atoms with van der Waals surface area (Å²) in [5.41, 5.74) is 1.10. The fourth-order valence-electron chi connectivity index (χ4n) is 1.09. The summed E-state index contributed by atoms with van der Waals surface area (Å²) in [6, 6.07) is 0. The molecule has 0 fully saturated rings. The molecule has 15 heavy (non-hydrogen) atoms. The summed E-state index contributed by atoms with van der Waals surface area (Å²) < 4.78 is 1.68. The van der Waals surface area contributed by atoms with Crippen LogP contribution in [0.4, 0.5) is 0 Å². The Kier molecular flexibility index (Phi) is 3.88. The Morgan fingerprint density at radius 2 is 2.27 bits per heavy atom. The van der Waals surface area contributed by atoms with Crippen LogP contribution in [0.15, 0.2) is 28.5 Å². The van der Waals surface area contributed by atoms with Crippen LogP contribution < -0.4 is 10.2 Å². The van der Waals surface area contributed by atoms with E-state index in [1.807, 2.05) is 0 Å². The first kappa shape index (κ1) is 12.2. The van der Waals surface area contributed by atoms with Gasteiger partial charge in [0.25, 0.3) is 0 Å². The highest BCUT2D eigenvalue weighted by Crippen LogP contribution is 2.01. The normalized spacial score (nSPS) is 11.7. The smallest absolute Gasteiger partial charge is 0.307 e. The maximum absolute atomic E-state index is 11.3. The van der Waals surface area contributed by atoms with Gasteiger partial charge < -0.3 is 9.88 Å². The average Bonchev–Trinajstić information content (AvgIpc) is 2.47. The first-order chi connectivity index (χ1) is 6.88. The topological polar surface area (TPSA) is 34.0 Å². The Bertz CT molecular complexity index is 384. The monoisotopic (exact) mass is 226 g/mol. The zero-order chi connectivity index (χ0) is 11.5. The molecule has 84 valence electrons. The fourth-order valence-corrected chi connectivity index (χ4v) is 1.68. The fraction of sp³-hybridized carbons (Fsp3) is 0.545. The van der Waals surface area contributed by atoms with Gasteiger partial charge in [-0.15, -0.1) is 0 Å². The van der Waals surface area contributed by atoms with Crippen LogP contribution in [0, 0.1) is 0 Å². The van der Waals surface area contributed by atoms with E-state index in [0.717, 1.165) is 12.1 Å². The molecule has 0 unspecified atom stereocenters. The second-order valence-electron chi connectivity index (χ2n) is 4.65. The third-order valence-electron chi connectivity index (χ3n) is 1.91. The Morgan fingerprint density at radius 1 is 1.60 bits per heavy atom. The van der Waals surface area contributed by atoms with Crippen LogP contribution in [0.5, 0.6) is 0 Å². The minimum absolute atomic E-state index is 0.0758. The second-order valence-corrected chi connectivity index (χ2v) is 5.51. The first-order valence-corrected chi connectivity index (χ1v) is 5.82. The zero-order valence-electron chi connectivity index (χ0n) is 9.54. The van der Waals surface area contributed by atoms with Crippen molar-refractivity contribution in [1.82, 2.24) is 9.88 Å². The van der Waals surface area contributed by atoms with Crippen LogP contribution in [0.25, 0.3) is 0 Å². The molecule has 4 heteroatoms. The molecule has 0 atom stereocenters. The lowest BCUT2D eigenvalue weighted by Gasteiger charge is -2.21. The summed E-state index contributed by atoms with van der Waals surface area (Å²) in [4.78, 5) is 11.4. The van der Waals surface area contributed by atoms with Gasteiger partial charge in [0.2, 0.25) is 0 Å². The zero-order valence-corrected chi connectivity index (χ0v) is 10.4. The Labute approximate surface area is 94.4 Å².